The van der Waals surface area contributed by atoms with Crippen LogP contribution >= 0.6 is 15.6 Å². The summed E-state index contributed by atoms with van der Waals surface area (Å²) >= 11 is 0. The molecule has 0 aliphatic carbocycles. The predicted molar refractivity (Wildman–Crippen MR) is 141 cm³/mol. The Kier molecular flexibility index (Phi) is 9.13. The summed E-state index contributed by atoms with van der Waals surface area (Å²) in [6.45, 7) is -1.81. The zero-order chi connectivity index (χ0) is 32.0. The smallest absolute Gasteiger partial charge is 0.387 e. The number of nitrogens with zero attached hydrogens (tertiary/aromatic N) is 5. The van der Waals surface area contributed by atoms with E-state index in [0.29, 0.717) is 0 Å². The van der Waals surface area contributed by atoms with Crippen LogP contribution in [0.1, 0.15) is 28.3 Å². The highest BCUT2D eigenvalue weighted by Crippen LogP contribution is 2.60. The Morgan fingerprint density at radius 3 is 2.23 bits per heavy atom. The lowest BCUT2D eigenvalue weighted by Crippen LogP contribution is -2.33. The molecule has 4 unspecified atom stereocenters. The molecule has 5 rings (SSSR count). The summed E-state index contributed by atoms with van der Waals surface area (Å²) in [5.41, 5.74) is 11.5. The Morgan fingerprint density at radius 1 is 0.932 bits per heavy atom. The molecule has 1 amide bonds. The third-order valence-corrected chi connectivity index (χ3v) is 9.35. The van der Waals surface area contributed by atoms with Gasteiger partial charge < -0.3 is 51.2 Å². The Morgan fingerprint density at radius 2 is 1.57 bits per heavy atom. The molecular weight excluding hydrogens is 636 g/mol. The summed E-state index contributed by atoms with van der Waals surface area (Å²) in [6.07, 6.45) is -7.10. The van der Waals surface area contributed by atoms with Crippen molar-refractivity contribution < 1.29 is 67.0 Å². The fraction of sp³-hybridized carbons (Fsp3) is 0.476. The highest BCUT2D eigenvalue weighted by molar-refractivity contribution is 7.61. The Balaban J connectivity index is 1.16. The SMILES string of the molecule is NC(=O)c1cncc([C@@H]2O[C@H](COP(=O)(O)OP(=O)(O)OC[C@H]3O[C@@H](n4cnc5c(N)ncnc54)C(O)[C@H]3O)[C@H](O)C2O)c1. The third-order valence-electron chi connectivity index (χ3n) is 6.74. The number of aliphatic hydroxyl groups is 4. The fourth-order valence-electron chi connectivity index (χ4n) is 4.58. The molecule has 10 atom stereocenters. The van der Waals surface area contributed by atoms with Crippen molar-refractivity contribution >= 4 is 38.5 Å². The van der Waals surface area contributed by atoms with Crippen molar-refractivity contribution in [2.24, 2.45) is 5.73 Å². The van der Waals surface area contributed by atoms with Crippen LogP contribution in [0.15, 0.2) is 31.1 Å². The first-order valence-electron chi connectivity index (χ1n) is 12.5. The monoisotopic (exact) mass is 663 g/mol. The average molecular weight is 663 g/mol. The number of fused-ring (bicyclic) bond motifs is 1. The lowest BCUT2D eigenvalue weighted by molar-refractivity contribution is -0.0507. The number of phosphoric ester groups is 2. The minimum Gasteiger partial charge on any atom is -0.387 e. The molecule has 0 aromatic carbocycles. The van der Waals surface area contributed by atoms with Crippen molar-refractivity contribution in [2.45, 2.75) is 49.0 Å². The molecule has 3 aromatic heterocycles. The molecule has 23 heteroatoms. The van der Waals surface area contributed by atoms with Crippen LogP contribution in [0, 0.1) is 0 Å². The second-order valence-corrected chi connectivity index (χ2v) is 12.7. The van der Waals surface area contributed by atoms with Gasteiger partial charge in [-0.25, -0.2) is 24.1 Å². The molecule has 0 bridgehead atoms. The van der Waals surface area contributed by atoms with Crippen molar-refractivity contribution in [1.82, 2.24) is 24.5 Å². The first-order chi connectivity index (χ1) is 20.7. The lowest BCUT2D eigenvalue weighted by atomic mass is 10.0. The summed E-state index contributed by atoms with van der Waals surface area (Å²) in [6, 6.07) is 1.27. The number of carbonyl (C=O) groups excluding carboxylic acids is 1. The molecule has 2 saturated heterocycles. The molecule has 0 spiro atoms. The van der Waals surface area contributed by atoms with E-state index in [1.165, 1.54) is 29.4 Å². The van der Waals surface area contributed by atoms with Crippen molar-refractivity contribution in [3.63, 3.8) is 0 Å². The molecule has 44 heavy (non-hydrogen) atoms. The number of nitrogens with two attached hydrogens (primary N) is 2. The average Bonchev–Trinajstić information content (AvgIpc) is 3.61. The number of aromatic nitrogens is 5. The van der Waals surface area contributed by atoms with Crippen LogP contribution < -0.4 is 11.5 Å². The number of ether oxygens (including phenoxy) is 2. The van der Waals surface area contributed by atoms with Crippen molar-refractivity contribution in [3.8, 4) is 0 Å². The first kappa shape index (κ1) is 32.4. The number of nitrogen functional groups attached to an aromatic ring is 1. The number of pyridine rings is 1. The Hall–Kier alpha value is -3.01. The van der Waals surface area contributed by atoms with Gasteiger partial charge in [-0.3, -0.25) is 23.4 Å². The van der Waals surface area contributed by atoms with Crippen molar-refractivity contribution in [3.05, 3.63) is 42.2 Å². The second kappa shape index (κ2) is 12.4. The van der Waals surface area contributed by atoms with Crippen molar-refractivity contribution in [2.75, 3.05) is 18.9 Å². The number of imidazole rings is 1. The summed E-state index contributed by atoms with van der Waals surface area (Å²) in [5, 5.41) is 41.6. The number of amides is 1. The largest absolute Gasteiger partial charge is 0.481 e. The molecule has 10 N–H and O–H groups in total. The highest BCUT2D eigenvalue weighted by Gasteiger charge is 2.48. The van der Waals surface area contributed by atoms with E-state index in [1.807, 2.05) is 0 Å². The molecule has 21 nitrogen and oxygen atoms in total. The molecule has 2 fully saturated rings. The predicted octanol–water partition coefficient (Wildman–Crippen LogP) is -2.37. The van der Waals surface area contributed by atoms with Gasteiger partial charge >= 0.3 is 15.6 Å². The lowest BCUT2D eigenvalue weighted by Gasteiger charge is -2.20. The standard InChI is InChI=1S/C21H27N7O14P2/c22-18-12-20(26-6-25-18)28(7-27-12)21-16(32)14(30)11(41-21)5-39-44(36,37)42-43(34,35)38-4-10-13(29)15(31)17(40-10)8-1-9(19(23)33)3-24-2-8/h1-3,6-7,10-11,13-17,21,29-32H,4-5H2,(H2,23,33)(H,34,35)(H,36,37)(H2,22,25,26)/t10-,11-,13+,14+,15?,16?,17+,21-/m1/s1. The minimum atomic E-state index is -5.37. The van der Waals surface area contributed by atoms with Crippen LogP contribution in [0.5, 0.6) is 0 Å². The molecule has 2 aliphatic rings. The summed E-state index contributed by atoms with van der Waals surface area (Å²) in [4.78, 5) is 47.1. The van der Waals surface area contributed by atoms with Gasteiger partial charge in [0.15, 0.2) is 17.7 Å². The van der Waals surface area contributed by atoms with Gasteiger partial charge in [-0.1, -0.05) is 0 Å². The number of primary amides is 1. The van der Waals surface area contributed by atoms with Crippen LogP contribution in [0.4, 0.5) is 5.82 Å². The topological polar surface area (TPSA) is 327 Å². The van der Waals surface area contributed by atoms with E-state index in [9.17, 15) is 44.1 Å². The van der Waals surface area contributed by atoms with Crippen LogP contribution in [-0.2, 0) is 32.0 Å². The molecule has 0 radical (unpaired) electrons. The number of anilines is 1. The molecule has 3 aromatic rings. The summed E-state index contributed by atoms with van der Waals surface area (Å²) in [7, 11) is -10.7. The number of aliphatic hydroxyl groups excluding tert-OH is 4. The van der Waals surface area contributed by atoms with Crippen LogP contribution in [0.25, 0.3) is 11.2 Å². The van der Waals surface area contributed by atoms with Gasteiger partial charge in [0.1, 0.15) is 54.6 Å². The Labute approximate surface area is 246 Å². The van der Waals surface area contributed by atoms with E-state index in [-0.39, 0.29) is 28.1 Å². The van der Waals surface area contributed by atoms with E-state index >= 15 is 0 Å². The maximum absolute atomic E-state index is 12.4. The van der Waals surface area contributed by atoms with E-state index < -0.39 is 83.7 Å². The van der Waals surface area contributed by atoms with Crippen LogP contribution in [-0.4, -0.2) is 110 Å². The van der Waals surface area contributed by atoms with E-state index in [1.54, 1.807) is 0 Å². The van der Waals surface area contributed by atoms with E-state index in [4.69, 9.17) is 25.5 Å². The summed E-state index contributed by atoms with van der Waals surface area (Å²) < 4.78 is 50.8. The van der Waals surface area contributed by atoms with Gasteiger partial charge in [-0.2, -0.15) is 4.31 Å². The van der Waals surface area contributed by atoms with E-state index in [0.717, 1.165) is 6.33 Å². The van der Waals surface area contributed by atoms with Crippen molar-refractivity contribution in [1.29, 1.82) is 0 Å². The molecule has 0 saturated carbocycles. The molecule has 2 aliphatic heterocycles. The third kappa shape index (κ3) is 6.65. The number of carbonyl (C=O) groups is 1. The molecule has 240 valence electrons. The second-order valence-electron chi connectivity index (χ2n) is 9.69. The number of phosphoric acid groups is 2. The van der Waals surface area contributed by atoms with E-state index in [2.05, 4.69) is 28.8 Å². The first-order valence-corrected chi connectivity index (χ1v) is 15.5. The maximum Gasteiger partial charge on any atom is 0.481 e. The normalized spacial score (nSPS) is 31.6. The van der Waals surface area contributed by atoms with Gasteiger partial charge in [0.25, 0.3) is 0 Å². The van der Waals surface area contributed by atoms with Crippen LogP contribution in [0.3, 0.4) is 0 Å². The van der Waals surface area contributed by atoms with Gasteiger partial charge in [0.05, 0.1) is 25.1 Å². The minimum absolute atomic E-state index is 0.00466. The van der Waals surface area contributed by atoms with Gasteiger partial charge in [0.2, 0.25) is 5.91 Å². The summed E-state index contributed by atoms with van der Waals surface area (Å²) in [5.74, 6) is -0.758. The van der Waals surface area contributed by atoms with Gasteiger partial charge in [-0.05, 0) is 6.07 Å². The maximum atomic E-state index is 12.4. The number of hydrogen-bond acceptors (Lipinski definition) is 17. The Bertz CT molecular complexity index is 1630. The fourth-order valence-corrected chi connectivity index (χ4v) is 6.67. The zero-order valence-electron chi connectivity index (χ0n) is 22.2. The molecular formula is C21H27N7O14P2. The zero-order valence-corrected chi connectivity index (χ0v) is 23.9. The highest BCUT2D eigenvalue weighted by atomic mass is 31.3. The van der Waals surface area contributed by atoms with Gasteiger partial charge in [0, 0.05) is 18.0 Å². The quantitative estimate of drug-likeness (QED) is 0.0994. The number of rotatable bonds is 11. The van der Waals surface area contributed by atoms with Crippen LogP contribution in [0.2, 0.25) is 0 Å². The number of hydrogen-bond donors (Lipinski definition) is 8. The van der Waals surface area contributed by atoms with Gasteiger partial charge in [-0.15, -0.1) is 0 Å². The molecule has 5 heterocycles.